The molecule has 1 aliphatic carbocycles. The average Bonchev–Trinajstić information content (AvgIpc) is 2.38. The van der Waals surface area contributed by atoms with Crippen LogP contribution in [0.3, 0.4) is 0 Å². The highest BCUT2D eigenvalue weighted by atomic mass is 16.3. The number of aliphatic hydroxyl groups is 2. The first-order chi connectivity index (χ1) is 8.69. The van der Waals surface area contributed by atoms with E-state index in [1.54, 1.807) is 6.08 Å². The van der Waals surface area contributed by atoms with Gasteiger partial charge in [0.15, 0.2) is 0 Å². The Morgan fingerprint density at radius 2 is 1.83 bits per heavy atom. The van der Waals surface area contributed by atoms with Gasteiger partial charge in [-0.1, -0.05) is 38.8 Å². The van der Waals surface area contributed by atoms with Gasteiger partial charge in [-0.2, -0.15) is 0 Å². The minimum atomic E-state index is -0.874. The van der Waals surface area contributed by atoms with Crippen LogP contribution >= 0.6 is 0 Å². The summed E-state index contributed by atoms with van der Waals surface area (Å²) in [7, 11) is 0. The zero-order chi connectivity index (χ0) is 13.4. The van der Waals surface area contributed by atoms with Crippen molar-refractivity contribution in [1.82, 2.24) is 4.90 Å². The molecule has 1 atom stereocenters. The molecule has 0 aromatic heterocycles. The zero-order valence-corrected chi connectivity index (χ0v) is 11.5. The van der Waals surface area contributed by atoms with Crippen LogP contribution < -0.4 is 0 Å². The minimum absolute atomic E-state index is 0.0229. The van der Waals surface area contributed by atoms with E-state index < -0.39 is 6.10 Å². The Labute approximate surface area is 110 Å². The molecule has 0 radical (unpaired) electrons. The smallest absolute Gasteiger partial charge is 0.137 e. The summed E-state index contributed by atoms with van der Waals surface area (Å²) in [6.45, 7) is 6.36. The molecule has 18 heavy (non-hydrogen) atoms. The molecule has 1 rings (SSSR count). The first-order valence-corrected chi connectivity index (χ1v) is 6.90. The standard InChI is InChI=1S/C15H25NO2/c1-3-5-10-16(11-6-4-2)12-13-8-7-9-14(17)15(13)18/h7-9,12,15,17-18H,3-6,10-11H2,1-2H3. The molecule has 0 spiro atoms. The number of hydrogen-bond acceptors (Lipinski definition) is 3. The summed E-state index contributed by atoms with van der Waals surface area (Å²) in [6.07, 6.45) is 10.9. The molecule has 1 aliphatic rings. The van der Waals surface area contributed by atoms with E-state index in [1.165, 1.54) is 6.08 Å². The van der Waals surface area contributed by atoms with Crippen LogP contribution in [0, 0.1) is 0 Å². The Morgan fingerprint density at radius 3 is 2.39 bits per heavy atom. The quantitative estimate of drug-likeness (QED) is 0.730. The van der Waals surface area contributed by atoms with Crippen molar-refractivity contribution in [2.75, 3.05) is 13.1 Å². The summed E-state index contributed by atoms with van der Waals surface area (Å²) >= 11 is 0. The van der Waals surface area contributed by atoms with Crippen molar-refractivity contribution in [3.63, 3.8) is 0 Å². The number of aliphatic hydroxyl groups excluding tert-OH is 2. The maximum absolute atomic E-state index is 9.87. The molecule has 3 heteroatoms. The Hall–Kier alpha value is -1.22. The highest BCUT2D eigenvalue weighted by molar-refractivity contribution is 5.36. The second kappa shape index (κ2) is 7.98. The largest absolute Gasteiger partial charge is 0.509 e. The highest BCUT2D eigenvalue weighted by Crippen LogP contribution is 2.17. The molecule has 2 N–H and O–H groups in total. The van der Waals surface area contributed by atoms with E-state index >= 15 is 0 Å². The van der Waals surface area contributed by atoms with E-state index in [1.807, 2.05) is 12.3 Å². The molecule has 1 unspecified atom stereocenters. The Bertz CT molecular complexity index is 323. The molecular formula is C15H25NO2. The van der Waals surface area contributed by atoms with Crippen LogP contribution in [0.15, 0.2) is 35.8 Å². The van der Waals surface area contributed by atoms with Gasteiger partial charge in [0.05, 0.1) is 0 Å². The number of allylic oxidation sites excluding steroid dienone is 2. The topological polar surface area (TPSA) is 43.7 Å². The van der Waals surface area contributed by atoms with Crippen LogP contribution in [-0.2, 0) is 0 Å². The Kier molecular flexibility index (Phi) is 6.58. The van der Waals surface area contributed by atoms with Crippen LogP contribution in [0.4, 0.5) is 0 Å². The summed E-state index contributed by atoms with van der Waals surface area (Å²) < 4.78 is 0. The minimum Gasteiger partial charge on any atom is -0.509 e. The van der Waals surface area contributed by atoms with Crippen molar-refractivity contribution in [1.29, 1.82) is 0 Å². The maximum atomic E-state index is 9.87. The number of nitrogens with zero attached hydrogens (tertiary/aromatic N) is 1. The van der Waals surface area contributed by atoms with Gasteiger partial charge in [0.1, 0.15) is 11.9 Å². The third kappa shape index (κ3) is 4.57. The van der Waals surface area contributed by atoms with E-state index in [-0.39, 0.29) is 5.76 Å². The van der Waals surface area contributed by atoms with Gasteiger partial charge >= 0.3 is 0 Å². The van der Waals surface area contributed by atoms with Crippen LogP contribution in [-0.4, -0.2) is 34.3 Å². The summed E-state index contributed by atoms with van der Waals surface area (Å²) in [5.41, 5.74) is 0.766. The molecule has 0 heterocycles. The van der Waals surface area contributed by atoms with Crippen molar-refractivity contribution in [3.8, 4) is 0 Å². The van der Waals surface area contributed by atoms with Crippen LogP contribution in [0.5, 0.6) is 0 Å². The molecule has 0 fully saturated rings. The third-order valence-electron chi connectivity index (χ3n) is 3.08. The SMILES string of the molecule is CCCCN(C=C1C=CC=C(O)C1O)CCCC. The van der Waals surface area contributed by atoms with E-state index in [4.69, 9.17) is 0 Å². The Morgan fingerprint density at radius 1 is 1.22 bits per heavy atom. The summed E-state index contributed by atoms with van der Waals surface area (Å²) in [5.74, 6) is 0.0229. The molecule has 0 aliphatic heterocycles. The first-order valence-electron chi connectivity index (χ1n) is 6.90. The fourth-order valence-corrected chi connectivity index (χ4v) is 1.90. The van der Waals surface area contributed by atoms with Crippen LogP contribution in [0.1, 0.15) is 39.5 Å². The molecule has 0 saturated carbocycles. The maximum Gasteiger partial charge on any atom is 0.137 e. The van der Waals surface area contributed by atoms with Gasteiger partial charge in [-0.15, -0.1) is 0 Å². The van der Waals surface area contributed by atoms with E-state index in [2.05, 4.69) is 18.7 Å². The molecule has 3 nitrogen and oxygen atoms in total. The van der Waals surface area contributed by atoms with Crippen molar-refractivity contribution >= 4 is 0 Å². The van der Waals surface area contributed by atoms with Gasteiger partial charge in [0, 0.05) is 24.9 Å². The predicted molar refractivity (Wildman–Crippen MR) is 75.3 cm³/mol. The van der Waals surface area contributed by atoms with Crippen molar-refractivity contribution in [2.24, 2.45) is 0 Å². The van der Waals surface area contributed by atoms with E-state index in [0.717, 1.165) is 44.3 Å². The number of hydrogen-bond donors (Lipinski definition) is 2. The lowest BCUT2D eigenvalue weighted by atomic mass is 10.0. The molecule has 0 saturated heterocycles. The van der Waals surface area contributed by atoms with E-state index in [0.29, 0.717) is 0 Å². The molecule has 102 valence electrons. The molecule has 0 bridgehead atoms. The first kappa shape index (κ1) is 14.8. The second-order valence-corrected chi connectivity index (χ2v) is 4.73. The second-order valence-electron chi connectivity index (χ2n) is 4.73. The lowest BCUT2D eigenvalue weighted by Crippen LogP contribution is -2.23. The lowest BCUT2D eigenvalue weighted by Gasteiger charge is -2.23. The van der Waals surface area contributed by atoms with Gasteiger partial charge in [0.25, 0.3) is 0 Å². The Balaban J connectivity index is 2.67. The number of rotatable bonds is 7. The van der Waals surface area contributed by atoms with Gasteiger partial charge in [-0.05, 0) is 18.9 Å². The molecule has 0 aromatic rings. The zero-order valence-electron chi connectivity index (χ0n) is 11.5. The average molecular weight is 251 g/mol. The highest BCUT2D eigenvalue weighted by Gasteiger charge is 2.16. The predicted octanol–water partition coefficient (Wildman–Crippen LogP) is 3.15. The van der Waals surface area contributed by atoms with Crippen molar-refractivity contribution in [3.05, 3.63) is 35.8 Å². The summed E-state index contributed by atoms with van der Waals surface area (Å²) in [5, 5.41) is 19.4. The third-order valence-corrected chi connectivity index (χ3v) is 3.08. The van der Waals surface area contributed by atoms with Gasteiger partial charge in [-0.3, -0.25) is 0 Å². The monoisotopic (exact) mass is 251 g/mol. The van der Waals surface area contributed by atoms with Gasteiger partial charge < -0.3 is 15.1 Å². The fourth-order valence-electron chi connectivity index (χ4n) is 1.90. The van der Waals surface area contributed by atoms with Crippen LogP contribution in [0.2, 0.25) is 0 Å². The van der Waals surface area contributed by atoms with Gasteiger partial charge in [0.2, 0.25) is 0 Å². The molecule has 0 aromatic carbocycles. The normalized spacial score (nSPS) is 21.2. The van der Waals surface area contributed by atoms with Crippen LogP contribution in [0.25, 0.3) is 0 Å². The molecule has 0 amide bonds. The van der Waals surface area contributed by atoms with Crippen molar-refractivity contribution < 1.29 is 10.2 Å². The van der Waals surface area contributed by atoms with E-state index in [9.17, 15) is 10.2 Å². The summed E-state index contributed by atoms with van der Waals surface area (Å²) in [4.78, 5) is 2.24. The van der Waals surface area contributed by atoms with Crippen molar-refractivity contribution in [2.45, 2.75) is 45.6 Å². The lowest BCUT2D eigenvalue weighted by molar-refractivity contribution is 0.182. The van der Waals surface area contributed by atoms with Gasteiger partial charge in [-0.25, -0.2) is 0 Å². The number of unbranched alkanes of at least 4 members (excludes halogenated alkanes) is 2. The summed E-state index contributed by atoms with van der Waals surface area (Å²) in [6, 6.07) is 0. The fraction of sp³-hybridized carbons (Fsp3) is 0.600. The molecular weight excluding hydrogens is 226 g/mol.